The van der Waals surface area contributed by atoms with Gasteiger partial charge in [-0.05, 0) is 37.6 Å². The molecule has 0 aliphatic carbocycles. The van der Waals surface area contributed by atoms with Crippen molar-refractivity contribution in [2.24, 2.45) is 10.9 Å². The molecule has 1 amide bonds. The third-order valence-electron chi connectivity index (χ3n) is 5.37. The smallest absolute Gasteiger partial charge is 0.409 e. The van der Waals surface area contributed by atoms with Crippen molar-refractivity contribution in [3.05, 3.63) is 52.5 Å². The molecular formula is C21H21F6N5O2. The summed E-state index contributed by atoms with van der Waals surface area (Å²) in [5.41, 5.74) is 2.93. The van der Waals surface area contributed by atoms with Crippen molar-refractivity contribution >= 4 is 23.2 Å². The van der Waals surface area contributed by atoms with Crippen molar-refractivity contribution in [1.82, 2.24) is 4.98 Å². The summed E-state index contributed by atoms with van der Waals surface area (Å²) in [5, 5.41) is 13.8. The van der Waals surface area contributed by atoms with Crippen LogP contribution in [0.15, 0.2) is 29.4 Å². The number of nitrogens with one attached hydrogen (secondary N) is 1. The van der Waals surface area contributed by atoms with Gasteiger partial charge in [0.05, 0.1) is 22.4 Å². The molecule has 184 valence electrons. The highest BCUT2D eigenvalue weighted by atomic mass is 19.4. The van der Waals surface area contributed by atoms with Crippen molar-refractivity contribution in [3.63, 3.8) is 0 Å². The summed E-state index contributed by atoms with van der Waals surface area (Å²) in [4.78, 5) is 18.3. The first-order chi connectivity index (χ1) is 15.8. The van der Waals surface area contributed by atoms with Gasteiger partial charge < -0.3 is 21.2 Å². The number of aryl methyl sites for hydroxylation is 1. The van der Waals surface area contributed by atoms with E-state index in [2.05, 4.69) is 15.5 Å². The van der Waals surface area contributed by atoms with E-state index in [0.717, 1.165) is 25.1 Å². The molecule has 0 bridgehead atoms. The summed E-state index contributed by atoms with van der Waals surface area (Å²) in [5.74, 6) is -5.58. The molecule has 2 aromatic rings. The molecular weight excluding hydrogens is 468 g/mol. The number of rotatable bonds is 4. The van der Waals surface area contributed by atoms with E-state index in [1.54, 1.807) is 0 Å². The molecule has 1 fully saturated rings. The van der Waals surface area contributed by atoms with E-state index in [4.69, 9.17) is 10.9 Å². The van der Waals surface area contributed by atoms with Crippen LogP contribution in [0.1, 0.15) is 46.4 Å². The SMILES string of the molecule is Cc1nc(N2CCCC(F)(F)CC2)c(C(=O)Nc2ccc(F)c(C(N)=NO)c2)cc1C(F)(F)F. The van der Waals surface area contributed by atoms with Crippen LogP contribution in [-0.2, 0) is 6.18 Å². The maximum atomic E-state index is 13.9. The summed E-state index contributed by atoms with van der Waals surface area (Å²) in [6.45, 7) is 0.969. The Labute approximate surface area is 190 Å². The standard InChI is InChI=1S/C21H21F6N5O2/c1-11-15(21(25,26)27)10-14(18(29-11)32-7-2-5-20(23,24)6-8-32)19(33)30-12-3-4-16(22)13(9-12)17(28)31-34/h3-4,9-10,34H,2,5-8H2,1H3,(H2,28,31)(H,30,33). The van der Waals surface area contributed by atoms with E-state index in [1.807, 2.05) is 0 Å². The van der Waals surface area contributed by atoms with Crippen LogP contribution in [0.5, 0.6) is 0 Å². The quantitative estimate of drug-likeness (QED) is 0.193. The van der Waals surface area contributed by atoms with Gasteiger partial charge in [-0.1, -0.05) is 5.16 Å². The van der Waals surface area contributed by atoms with Crippen LogP contribution in [0.3, 0.4) is 0 Å². The minimum absolute atomic E-state index is 0.0525. The van der Waals surface area contributed by atoms with E-state index in [1.165, 1.54) is 4.90 Å². The van der Waals surface area contributed by atoms with Gasteiger partial charge in [0.1, 0.15) is 11.6 Å². The van der Waals surface area contributed by atoms with Gasteiger partial charge in [0.2, 0.25) is 5.92 Å². The lowest BCUT2D eigenvalue weighted by atomic mass is 10.1. The number of halogens is 6. The van der Waals surface area contributed by atoms with Crippen molar-refractivity contribution in [2.75, 3.05) is 23.3 Å². The normalized spacial score (nSPS) is 16.8. The highest BCUT2D eigenvalue weighted by Gasteiger charge is 2.37. The van der Waals surface area contributed by atoms with Crippen LogP contribution < -0.4 is 16.0 Å². The van der Waals surface area contributed by atoms with Crippen LogP contribution >= 0.6 is 0 Å². The minimum atomic E-state index is -4.81. The second-order valence-electron chi connectivity index (χ2n) is 7.82. The predicted octanol–water partition coefficient (Wildman–Crippen LogP) is 4.52. The maximum Gasteiger partial charge on any atom is 0.418 e. The van der Waals surface area contributed by atoms with E-state index in [-0.39, 0.29) is 36.6 Å². The van der Waals surface area contributed by atoms with Gasteiger partial charge in [0.15, 0.2) is 5.84 Å². The van der Waals surface area contributed by atoms with E-state index in [9.17, 15) is 31.1 Å². The molecule has 7 nitrogen and oxygen atoms in total. The third-order valence-corrected chi connectivity index (χ3v) is 5.37. The predicted molar refractivity (Wildman–Crippen MR) is 112 cm³/mol. The largest absolute Gasteiger partial charge is 0.418 e. The number of nitrogens with two attached hydrogens (primary N) is 1. The summed E-state index contributed by atoms with van der Waals surface area (Å²) < 4.78 is 82.1. The topological polar surface area (TPSA) is 104 Å². The minimum Gasteiger partial charge on any atom is -0.409 e. The van der Waals surface area contributed by atoms with Crippen molar-refractivity contribution in [3.8, 4) is 0 Å². The molecule has 2 heterocycles. The Hall–Kier alpha value is -3.51. The van der Waals surface area contributed by atoms with Gasteiger partial charge in [-0.3, -0.25) is 4.79 Å². The zero-order valence-electron chi connectivity index (χ0n) is 17.9. The molecule has 34 heavy (non-hydrogen) atoms. The number of amidine groups is 1. The fourth-order valence-electron chi connectivity index (χ4n) is 3.62. The van der Waals surface area contributed by atoms with Gasteiger partial charge in [-0.15, -0.1) is 0 Å². The number of amides is 1. The number of pyridine rings is 1. The van der Waals surface area contributed by atoms with Gasteiger partial charge in [0, 0.05) is 31.6 Å². The number of hydrogen-bond donors (Lipinski definition) is 3. The van der Waals surface area contributed by atoms with Gasteiger partial charge in [0.25, 0.3) is 5.91 Å². The van der Waals surface area contributed by atoms with Crippen LogP contribution in [0, 0.1) is 12.7 Å². The molecule has 0 saturated carbocycles. The summed E-state index contributed by atoms with van der Waals surface area (Å²) in [6.07, 6.45) is -5.70. The number of aromatic nitrogens is 1. The molecule has 1 aliphatic heterocycles. The van der Waals surface area contributed by atoms with Gasteiger partial charge in [-0.25, -0.2) is 18.2 Å². The number of alkyl halides is 5. The molecule has 13 heteroatoms. The highest BCUT2D eigenvalue weighted by molar-refractivity contribution is 6.08. The second kappa shape index (κ2) is 9.39. The number of carbonyl (C=O) groups excluding carboxylic acids is 1. The third kappa shape index (κ3) is 5.51. The van der Waals surface area contributed by atoms with Crippen molar-refractivity contribution in [2.45, 2.75) is 38.3 Å². The Bertz CT molecular complexity index is 1120. The van der Waals surface area contributed by atoms with Crippen LogP contribution in [0.2, 0.25) is 0 Å². The molecule has 1 aliphatic rings. The number of nitrogens with zero attached hydrogens (tertiary/aromatic N) is 3. The molecule has 0 unspecified atom stereocenters. The number of hydrogen-bond acceptors (Lipinski definition) is 5. The summed E-state index contributed by atoms with van der Waals surface area (Å²) >= 11 is 0. The molecule has 1 saturated heterocycles. The second-order valence-corrected chi connectivity index (χ2v) is 7.82. The van der Waals surface area contributed by atoms with E-state index >= 15 is 0 Å². The lowest BCUT2D eigenvalue weighted by Gasteiger charge is -2.25. The van der Waals surface area contributed by atoms with Crippen molar-refractivity contribution < 1.29 is 36.3 Å². The van der Waals surface area contributed by atoms with E-state index in [0.29, 0.717) is 6.07 Å². The first-order valence-electron chi connectivity index (χ1n) is 10.1. The first-order valence-corrected chi connectivity index (χ1v) is 10.1. The number of oxime groups is 1. The Morgan fingerprint density at radius 1 is 1.21 bits per heavy atom. The van der Waals surface area contributed by atoms with E-state index < -0.39 is 59.3 Å². The number of anilines is 2. The lowest BCUT2D eigenvalue weighted by molar-refractivity contribution is -0.138. The average Bonchev–Trinajstić information content (AvgIpc) is 2.93. The van der Waals surface area contributed by atoms with Crippen LogP contribution in [0.4, 0.5) is 37.8 Å². The Morgan fingerprint density at radius 2 is 1.91 bits per heavy atom. The average molecular weight is 489 g/mol. The molecule has 1 aromatic heterocycles. The van der Waals surface area contributed by atoms with Crippen LogP contribution in [-0.4, -0.2) is 40.9 Å². The van der Waals surface area contributed by atoms with Gasteiger partial charge >= 0.3 is 6.18 Å². The maximum absolute atomic E-state index is 13.9. The van der Waals surface area contributed by atoms with Crippen molar-refractivity contribution in [1.29, 1.82) is 0 Å². The first kappa shape index (κ1) is 25.1. The zero-order chi connectivity index (χ0) is 25.3. The zero-order valence-corrected chi connectivity index (χ0v) is 17.9. The Balaban J connectivity index is 2.04. The lowest BCUT2D eigenvalue weighted by Crippen LogP contribution is -2.30. The number of carbonyl (C=O) groups is 1. The highest BCUT2D eigenvalue weighted by Crippen LogP contribution is 2.36. The molecule has 1 aromatic carbocycles. The summed E-state index contributed by atoms with van der Waals surface area (Å²) in [7, 11) is 0. The Kier molecular flexibility index (Phi) is 6.94. The fourth-order valence-corrected chi connectivity index (χ4v) is 3.62. The molecule has 4 N–H and O–H groups in total. The fraction of sp³-hybridized carbons (Fsp3) is 0.381. The molecule has 0 spiro atoms. The molecule has 0 atom stereocenters. The number of benzene rings is 1. The van der Waals surface area contributed by atoms with Crippen LogP contribution in [0.25, 0.3) is 0 Å². The van der Waals surface area contributed by atoms with Gasteiger partial charge in [-0.2, -0.15) is 13.2 Å². The summed E-state index contributed by atoms with van der Waals surface area (Å²) in [6, 6.07) is 3.68. The molecule has 0 radical (unpaired) electrons. The monoisotopic (exact) mass is 489 g/mol. The Morgan fingerprint density at radius 3 is 2.56 bits per heavy atom. The molecule has 3 rings (SSSR count).